The molecule has 4 nitrogen and oxygen atoms in total. The van der Waals surface area contributed by atoms with E-state index in [-0.39, 0.29) is 11.5 Å². The summed E-state index contributed by atoms with van der Waals surface area (Å²) in [6.45, 7) is 2.77. The summed E-state index contributed by atoms with van der Waals surface area (Å²) in [7, 11) is 0. The highest BCUT2D eigenvalue weighted by Crippen LogP contribution is 2.36. The van der Waals surface area contributed by atoms with Crippen LogP contribution in [0.1, 0.15) is 6.92 Å². The van der Waals surface area contributed by atoms with Crippen molar-refractivity contribution in [3.63, 3.8) is 0 Å². The van der Waals surface area contributed by atoms with Gasteiger partial charge in [0, 0.05) is 6.54 Å². The quantitative estimate of drug-likeness (QED) is 0.691. The highest BCUT2D eigenvalue weighted by atomic mass is 16.3. The summed E-state index contributed by atoms with van der Waals surface area (Å²) in [5, 5.41) is 19.6. The number of nitrogens with zero attached hydrogens (tertiary/aromatic N) is 2. The zero-order chi connectivity index (χ0) is 13.4. The molecule has 0 aliphatic heterocycles. The molecule has 4 heteroatoms. The SMILES string of the molecule is CCn1c(-c2cccc(O)c2O)nc2ccccc21. The van der Waals surface area contributed by atoms with E-state index in [1.54, 1.807) is 12.1 Å². The fourth-order valence-corrected chi connectivity index (χ4v) is 2.31. The summed E-state index contributed by atoms with van der Waals surface area (Å²) in [5.41, 5.74) is 2.43. The summed E-state index contributed by atoms with van der Waals surface area (Å²) in [5.74, 6) is 0.400. The number of fused-ring (bicyclic) bond motifs is 1. The highest BCUT2D eigenvalue weighted by Gasteiger charge is 2.15. The van der Waals surface area contributed by atoms with E-state index in [2.05, 4.69) is 4.98 Å². The smallest absolute Gasteiger partial charge is 0.168 e. The minimum absolute atomic E-state index is 0.132. The van der Waals surface area contributed by atoms with Gasteiger partial charge in [-0.3, -0.25) is 0 Å². The molecule has 0 radical (unpaired) electrons. The Balaban J connectivity index is 2.33. The molecule has 0 spiro atoms. The second-order valence-corrected chi connectivity index (χ2v) is 4.34. The van der Waals surface area contributed by atoms with E-state index in [9.17, 15) is 10.2 Å². The zero-order valence-electron chi connectivity index (χ0n) is 10.5. The molecule has 0 saturated carbocycles. The van der Waals surface area contributed by atoms with Crippen LogP contribution in [0.4, 0.5) is 0 Å². The Labute approximate surface area is 110 Å². The molecule has 0 unspecified atom stereocenters. The van der Waals surface area contributed by atoms with Gasteiger partial charge in [0.25, 0.3) is 0 Å². The summed E-state index contributed by atoms with van der Waals surface area (Å²) in [6, 6.07) is 12.7. The van der Waals surface area contributed by atoms with Gasteiger partial charge in [-0.2, -0.15) is 0 Å². The van der Waals surface area contributed by atoms with Crippen molar-refractivity contribution in [3.8, 4) is 22.9 Å². The maximum atomic E-state index is 9.99. The van der Waals surface area contributed by atoms with E-state index in [0.29, 0.717) is 11.4 Å². The van der Waals surface area contributed by atoms with Crippen LogP contribution in [0.5, 0.6) is 11.5 Å². The Kier molecular flexibility index (Phi) is 2.63. The number of aromatic nitrogens is 2. The second-order valence-electron chi connectivity index (χ2n) is 4.34. The van der Waals surface area contributed by atoms with Gasteiger partial charge in [0.2, 0.25) is 0 Å². The topological polar surface area (TPSA) is 58.3 Å². The predicted molar refractivity (Wildman–Crippen MR) is 74.2 cm³/mol. The number of hydrogen-bond acceptors (Lipinski definition) is 3. The van der Waals surface area contributed by atoms with Crippen LogP contribution in [0, 0.1) is 0 Å². The van der Waals surface area contributed by atoms with Crippen molar-refractivity contribution in [1.29, 1.82) is 0 Å². The minimum Gasteiger partial charge on any atom is -0.504 e. The Morgan fingerprint density at radius 1 is 1.05 bits per heavy atom. The zero-order valence-corrected chi connectivity index (χ0v) is 10.5. The van der Waals surface area contributed by atoms with Crippen molar-refractivity contribution in [3.05, 3.63) is 42.5 Å². The van der Waals surface area contributed by atoms with Crippen LogP contribution in [0.2, 0.25) is 0 Å². The first kappa shape index (κ1) is 11.6. The van der Waals surface area contributed by atoms with E-state index >= 15 is 0 Å². The normalized spacial score (nSPS) is 11.0. The van der Waals surface area contributed by atoms with Gasteiger partial charge in [0.1, 0.15) is 5.82 Å². The number of benzene rings is 2. The van der Waals surface area contributed by atoms with Gasteiger partial charge in [0.15, 0.2) is 11.5 Å². The van der Waals surface area contributed by atoms with Crippen LogP contribution >= 0.6 is 0 Å². The molecule has 3 aromatic rings. The number of imidazole rings is 1. The van der Waals surface area contributed by atoms with Crippen LogP contribution in [0.25, 0.3) is 22.4 Å². The first-order chi connectivity index (χ1) is 9.22. The van der Waals surface area contributed by atoms with E-state index in [1.807, 2.05) is 35.8 Å². The van der Waals surface area contributed by atoms with E-state index in [0.717, 1.165) is 17.6 Å². The van der Waals surface area contributed by atoms with Crippen LogP contribution in [0.15, 0.2) is 42.5 Å². The molecule has 1 aromatic heterocycles. The van der Waals surface area contributed by atoms with Gasteiger partial charge < -0.3 is 14.8 Å². The van der Waals surface area contributed by atoms with Gasteiger partial charge >= 0.3 is 0 Å². The third-order valence-corrected chi connectivity index (χ3v) is 3.23. The molecule has 96 valence electrons. The van der Waals surface area contributed by atoms with Gasteiger partial charge in [-0.05, 0) is 31.2 Å². The average molecular weight is 254 g/mol. The molecular formula is C15H14N2O2. The number of para-hydroxylation sites is 3. The third-order valence-electron chi connectivity index (χ3n) is 3.23. The molecule has 0 atom stereocenters. The van der Waals surface area contributed by atoms with Crippen molar-refractivity contribution >= 4 is 11.0 Å². The van der Waals surface area contributed by atoms with Crippen molar-refractivity contribution in [2.45, 2.75) is 13.5 Å². The second kappa shape index (κ2) is 4.31. The largest absolute Gasteiger partial charge is 0.504 e. The van der Waals surface area contributed by atoms with E-state index in [1.165, 1.54) is 6.07 Å². The average Bonchev–Trinajstić information content (AvgIpc) is 2.80. The lowest BCUT2D eigenvalue weighted by molar-refractivity contribution is 0.405. The third kappa shape index (κ3) is 1.73. The molecular weight excluding hydrogens is 240 g/mol. The number of phenols is 2. The number of rotatable bonds is 2. The first-order valence-electron chi connectivity index (χ1n) is 6.19. The molecule has 2 N–H and O–H groups in total. The summed E-state index contributed by atoms with van der Waals surface area (Å²) < 4.78 is 2.02. The lowest BCUT2D eigenvalue weighted by atomic mass is 10.1. The number of aryl methyl sites for hydroxylation is 1. The number of aromatic hydroxyl groups is 2. The van der Waals surface area contributed by atoms with Crippen LogP contribution in [0.3, 0.4) is 0 Å². The van der Waals surface area contributed by atoms with Gasteiger partial charge in [-0.1, -0.05) is 18.2 Å². The van der Waals surface area contributed by atoms with Gasteiger partial charge in [0.05, 0.1) is 16.6 Å². The number of phenolic OH excluding ortho intramolecular Hbond substituents is 2. The Hall–Kier alpha value is -2.49. The molecule has 0 fully saturated rings. The predicted octanol–water partition coefficient (Wildman–Crippen LogP) is 3.13. The van der Waals surface area contributed by atoms with Crippen molar-refractivity contribution in [2.24, 2.45) is 0 Å². The Morgan fingerprint density at radius 3 is 2.63 bits per heavy atom. The van der Waals surface area contributed by atoms with Crippen molar-refractivity contribution < 1.29 is 10.2 Å². The number of hydrogen-bond donors (Lipinski definition) is 2. The lowest BCUT2D eigenvalue weighted by Crippen LogP contribution is -1.97. The Morgan fingerprint density at radius 2 is 1.84 bits per heavy atom. The fraction of sp³-hybridized carbons (Fsp3) is 0.133. The molecule has 0 aliphatic carbocycles. The van der Waals surface area contributed by atoms with Crippen molar-refractivity contribution in [1.82, 2.24) is 9.55 Å². The van der Waals surface area contributed by atoms with E-state index in [4.69, 9.17) is 0 Å². The van der Waals surface area contributed by atoms with Crippen LogP contribution < -0.4 is 0 Å². The maximum Gasteiger partial charge on any atom is 0.168 e. The van der Waals surface area contributed by atoms with Crippen LogP contribution in [-0.4, -0.2) is 19.8 Å². The molecule has 19 heavy (non-hydrogen) atoms. The summed E-state index contributed by atoms with van der Waals surface area (Å²) in [4.78, 5) is 4.55. The molecule has 0 amide bonds. The molecule has 3 rings (SSSR count). The Bertz CT molecular complexity index is 747. The highest BCUT2D eigenvalue weighted by molar-refractivity contribution is 5.82. The minimum atomic E-state index is -0.132. The molecule has 0 bridgehead atoms. The first-order valence-corrected chi connectivity index (χ1v) is 6.19. The maximum absolute atomic E-state index is 9.99. The lowest BCUT2D eigenvalue weighted by Gasteiger charge is -2.08. The summed E-state index contributed by atoms with van der Waals surface area (Å²) in [6.07, 6.45) is 0. The molecule has 0 aliphatic rings. The fourth-order valence-electron chi connectivity index (χ4n) is 2.31. The van der Waals surface area contributed by atoms with E-state index < -0.39 is 0 Å². The summed E-state index contributed by atoms with van der Waals surface area (Å²) >= 11 is 0. The molecule has 1 heterocycles. The van der Waals surface area contributed by atoms with Gasteiger partial charge in [-0.15, -0.1) is 0 Å². The van der Waals surface area contributed by atoms with Gasteiger partial charge in [-0.25, -0.2) is 4.98 Å². The molecule has 2 aromatic carbocycles. The standard InChI is InChI=1S/C15H14N2O2/c1-2-17-12-8-4-3-7-11(12)16-15(17)10-6-5-9-13(18)14(10)19/h3-9,18-19H,2H2,1H3. The monoisotopic (exact) mass is 254 g/mol. The van der Waals surface area contributed by atoms with Crippen molar-refractivity contribution in [2.75, 3.05) is 0 Å². The van der Waals surface area contributed by atoms with Crippen LogP contribution in [-0.2, 0) is 6.54 Å². The molecule has 0 saturated heterocycles.